The minimum absolute atomic E-state index is 0.0242. The van der Waals surface area contributed by atoms with E-state index in [0.29, 0.717) is 11.4 Å². The van der Waals surface area contributed by atoms with Crippen molar-refractivity contribution in [1.29, 1.82) is 0 Å². The third-order valence-corrected chi connectivity index (χ3v) is 6.17. The monoisotopic (exact) mass is 318 g/mol. The molecule has 0 unspecified atom stereocenters. The Labute approximate surface area is 127 Å². The first-order valence-electron chi connectivity index (χ1n) is 7.01. The zero-order valence-corrected chi connectivity index (χ0v) is 14.7. The van der Waals surface area contributed by atoms with Crippen molar-refractivity contribution in [2.75, 3.05) is 13.1 Å². The van der Waals surface area contributed by atoms with Crippen LogP contribution in [-0.2, 0) is 16.6 Å². The van der Waals surface area contributed by atoms with Crippen molar-refractivity contribution in [3.63, 3.8) is 0 Å². The second-order valence-electron chi connectivity index (χ2n) is 5.76. The number of hydrogen-bond acceptors (Lipinski definition) is 4. The summed E-state index contributed by atoms with van der Waals surface area (Å²) in [6.07, 6.45) is 0.934. The normalized spacial score (nSPS) is 12.8. The molecule has 0 amide bonds. The molecule has 0 aliphatic rings. The lowest BCUT2D eigenvalue weighted by Gasteiger charge is -2.22. The number of sulfonamides is 1. The average molecular weight is 319 g/mol. The predicted molar refractivity (Wildman–Crippen MR) is 85.7 cm³/mol. The molecule has 0 saturated heterocycles. The molecule has 0 spiro atoms. The van der Waals surface area contributed by atoms with Gasteiger partial charge in [0.25, 0.3) is 0 Å². The summed E-state index contributed by atoms with van der Waals surface area (Å²) in [5.41, 5.74) is -0.0242. The Kier molecular flexibility index (Phi) is 6.19. The maximum absolute atomic E-state index is 12.4. The zero-order chi connectivity index (χ0) is 15.4. The van der Waals surface area contributed by atoms with Gasteiger partial charge in [-0.15, -0.1) is 11.3 Å². The quantitative estimate of drug-likeness (QED) is 0.775. The molecular weight excluding hydrogens is 292 g/mol. The van der Waals surface area contributed by atoms with Gasteiger partial charge in [-0.1, -0.05) is 27.7 Å². The molecule has 0 aromatic carbocycles. The summed E-state index contributed by atoms with van der Waals surface area (Å²) in [5, 5.41) is 3.22. The fourth-order valence-electron chi connectivity index (χ4n) is 1.62. The van der Waals surface area contributed by atoms with Gasteiger partial charge in [0.2, 0.25) is 10.0 Å². The second-order valence-corrected chi connectivity index (χ2v) is 8.83. The first kappa shape index (κ1) is 17.6. The molecule has 116 valence electrons. The third-order valence-electron chi connectivity index (χ3n) is 3.46. The fourth-order valence-corrected chi connectivity index (χ4v) is 4.46. The fraction of sp³-hybridized carbons (Fsp3) is 0.714. The average Bonchev–Trinajstić information content (AvgIpc) is 2.76. The predicted octanol–water partition coefficient (Wildman–Crippen LogP) is 2.88. The maximum atomic E-state index is 12.4. The van der Waals surface area contributed by atoms with Gasteiger partial charge in [-0.3, -0.25) is 0 Å². The van der Waals surface area contributed by atoms with E-state index < -0.39 is 10.0 Å². The Morgan fingerprint density at radius 3 is 2.50 bits per heavy atom. The molecule has 0 saturated carbocycles. The van der Waals surface area contributed by atoms with E-state index in [9.17, 15) is 8.42 Å². The number of nitrogens with one attached hydrogen (secondary N) is 2. The van der Waals surface area contributed by atoms with Crippen LogP contribution in [0.25, 0.3) is 0 Å². The van der Waals surface area contributed by atoms with Crippen molar-refractivity contribution in [1.82, 2.24) is 10.0 Å². The van der Waals surface area contributed by atoms with Crippen LogP contribution in [0.1, 0.15) is 43.9 Å². The Morgan fingerprint density at radius 1 is 1.30 bits per heavy atom. The van der Waals surface area contributed by atoms with E-state index >= 15 is 0 Å². The molecule has 20 heavy (non-hydrogen) atoms. The van der Waals surface area contributed by atoms with Crippen LogP contribution in [-0.4, -0.2) is 21.5 Å². The van der Waals surface area contributed by atoms with Crippen LogP contribution in [0, 0.1) is 12.3 Å². The van der Waals surface area contributed by atoms with Crippen LogP contribution in [0.4, 0.5) is 0 Å². The van der Waals surface area contributed by atoms with E-state index in [2.05, 4.69) is 30.8 Å². The Hall–Kier alpha value is -0.430. The molecular formula is C14H26N2O2S2. The molecule has 0 fully saturated rings. The van der Waals surface area contributed by atoms with Crippen molar-refractivity contribution in [3.8, 4) is 0 Å². The lowest BCUT2D eigenvalue weighted by molar-refractivity contribution is 0.350. The van der Waals surface area contributed by atoms with Crippen molar-refractivity contribution >= 4 is 21.4 Å². The third kappa shape index (κ3) is 4.84. The van der Waals surface area contributed by atoms with Crippen LogP contribution in [0.2, 0.25) is 0 Å². The molecule has 6 heteroatoms. The largest absolute Gasteiger partial charge is 0.312 e. The highest BCUT2D eigenvalue weighted by molar-refractivity contribution is 7.89. The summed E-state index contributed by atoms with van der Waals surface area (Å²) in [5.74, 6) is 0. The van der Waals surface area contributed by atoms with Gasteiger partial charge in [0.1, 0.15) is 0 Å². The van der Waals surface area contributed by atoms with Crippen LogP contribution < -0.4 is 10.0 Å². The van der Waals surface area contributed by atoms with Gasteiger partial charge in [-0.05, 0) is 31.4 Å². The molecule has 1 aromatic rings. The van der Waals surface area contributed by atoms with Gasteiger partial charge in [0.05, 0.1) is 4.90 Å². The minimum atomic E-state index is -3.41. The summed E-state index contributed by atoms with van der Waals surface area (Å²) < 4.78 is 27.5. The molecule has 0 aliphatic carbocycles. The van der Waals surface area contributed by atoms with Gasteiger partial charge in [-0.2, -0.15) is 0 Å². The smallest absolute Gasteiger partial charge is 0.241 e. The standard InChI is InChI=1S/C14H26N2O2S2/c1-6-14(4,5)10-16-20(17,18)13-8-12(9-15-7-2)19-11(13)3/h8,15-16H,6-7,9-10H2,1-5H3. The van der Waals surface area contributed by atoms with E-state index in [1.165, 1.54) is 11.3 Å². The van der Waals surface area contributed by atoms with Crippen molar-refractivity contribution in [2.45, 2.75) is 52.5 Å². The number of rotatable bonds is 8. The summed E-state index contributed by atoms with van der Waals surface area (Å²) >= 11 is 1.54. The molecule has 0 atom stereocenters. The van der Waals surface area contributed by atoms with Gasteiger partial charge < -0.3 is 5.32 Å². The summed E-state index contributed by atoms with van der Waals surface area (Å²) in [7, 11) is -3.41. The number of aryl methyl sites for hydroxylation is 1. The lowest BCUT2D eigenvalue weighted by atomic mass is 9.91. The molecule has 2 N–H and O–H groups in total. The number of hydrogen-bond donors (Lipinski definition) is 2. The van der Waals surface area contributed by atoms with E-state index in [-0.39, 0.29) is 5.41 Å². The van der Waals surface area contributed by atoms with E-state index in [1.54, 1.807) is 6.07 Å². The first-order chi connectivity index (χ1) is 9.22. The van der Waals surface area contributed by atoms with E-state index in [1.807, 2.05) is 13.8 Å². The SMILES string of the molecule is CCNCc1cc(S(=O)(=O)NCC(C)(C)CC)c(C)s1. The molecule has 0 radical (unpaired) electrons. The van der Waals surface area contributed by atoms with Gasteiger partial charge >= 0.3 is 0 Å². The van der Waals surface area contributed by atoms with Crippen LogP contribution in [0.5, 0.6) is 0 Å². The highest BCUT2D eigenvalue weighted by atomic mass is 32.2. The second kappa shape index (κ2) is 7.02. The van der Waals surface area contributed by atoms with Crippen LogP contribution in [0.3, 0.4) is 0 Å². The molecule has 1 aromatic heterocycles. The highest BCUT2D eigenvalue weighted by Crippen LogP contribution is 2.26. The molecule has 0 bridgehead atoms. The first-order valence-corrected chi connectivity index (χ1v) is 9.31. The zero-order valence-electron chi connectivity index (χ0n) is 13.0. The van der Waals surface area contributed by atoms with Gasteiger partial charge in [0.15, 0.2) is 0 Å². The molecule has 1 heterocycles. The van der Waals surface area contributed by atoms with Crippen molar-refractivity contribution in [3.05, 3.63) is 15.8 Å². The van der Waals surface area contributed by atoms with Gasteiger partial charge in [-0.25, -0.2) is 13.1 Å². The van der Waals surface area contributed by atoms with E-state index in [0.717, 1.165) is 29.3 Å². The summed E-state index contributed by atoms with van der Waals surface area (Å²) in [6.45, 7) is 12.1. The Bertz CT molecular complexity index is 533. The van der Waals surface area contributed by atoms with E-state index in [4.69, 9.17) is 0 Å². The maximum Gasteiger partial charge on any atom is 0.241 e. The van der Waals surface area contributed by atoms with Crippen molar-refractivity contribution < 1.29 is 8.42 Å². The lowest BCUT2D eigenvalue weighted by Crippen LogP contribution is -2.33. The topological polar surface area (TPSA) is 58.2 Å². The minimum Gasteiger partial charge on any atom is -0.312 e. The van der Waals surface area contributed by atoms with Crippen molar-refractivity contribution in [2.24, 2.45) is 5.41 Å². The van der Waals surface area contributed by atoms with Gasteiger partial charge in [0, 0.05) is 22.8 Å². The molecule has 1 rings (SSSR count). The Morgan fingerprint density at radius 2 is 1.95 bits per heavy atom. The van der Waals surface area contributed by atoms with Crippen LogP contribution in [0.15, 0.2) is 11.0 Å². The number of thiophene rings is 1. The summed E-state index contributed by atoms with van der Waals surface area (Å²) in [6, 6.07) is 1.78. The highest BCUT2D eigenvalue weighted by Gasteiger charge is 2.23. The summed E-state index contributed by atoms with van der Waals surface area (Å²) in [4.78, 5) is 2.32. The van der Waals surface area contributed by atoms with Crippen LogP contribution >= 0.6 is 11.3 Å². The molecule has 0 aliphatic heterocycles. The molecule has 4 nitrogen and oxygen atoms in total. The Balaban J connectivity index is 2.84.